The first-order chi connectivity index (χ1) is 34.0. The predicted molar refractivity (Wildman–Crippen MR) is 313 cm³/mol. The average molecular weight is 963 g/mol. The van der Waals surface area contributed by atoms with Crippen LogP contribution in [0.3, 0.4) is 0 Å². The van der Waals surface area contributed by atoms with Crippen LogP contribution in [-0.2, 0) is 32.5 Å². The number of nitrogens with zero attached hydrogens (tertiary/aromatic N) is 1. The lowest BCUT2D eigenvalue weighted by Gasteiger charge is -2.44. The lowest BCUT2D eigenvalue weighted by atomic mass is 9.57. The molecule has 0 amide bonds. The zero-order valence-corrected chi connectivity index (χ0v) is 45.9. The fraction of sp³-hybridized carbons (Fsp3) is 0.373. The van der Waals surface area contributed by atoms with E-state index in [1.54, 1.807) is 0 Å². The monoisotopic (exact) mass is 963 g/mol. The van der Waals surface area contributed by atoms with Gasteiger partial charge >= 0.3 is 0 Å². The molecule has 1 aliphatic heterocycles. The molecule has 364 valence electrons. The Morgan fingerprint density at radius 2 is 1.11 bits per heavy atom. The summed E-state index contributed by atoms with van der Waals surface area (Å²) in [5, 5.41) is 9.17. The number of fused-ring (bicyclic) bond motifs is 13. The van der Waals surface area contributed by atoms with Crippen molar-refractivity contribution < 1.29 is 4.42 Å². The maximum absolute atomic E-state index is 7.32. The number of hydrogen-bond donors (Lipinski definition) is 1. The molecular formula is C67H71BN2OS. The van der Waals surface area contributed by atoms with Gasteiger partial charge in [-0.1, -0.05) is 149 Å². The molecule has 3 aliphatic carbocycles. The number of anilines is 5. The van der Waals surface area contributed by atoms with Crippen LogP contribution in [0.1, 0.15) is 161 Å². The molecule has 0 unspecified atom stereocenters. The van der Waals surface area contributed by atoms with Gasteiger partial charge in [0, 0.05) is 48.9 Å². The van der Waals surface area contributed by atoms with E-state index in [0.29, 0.717) is 0 Å². The largest absolute Gasteiger partial charge is 0.454 e. The molecule has 0 radical (unpaired) electrons. The summed E-state index contributed by atoms with van der Waals surface area (Å²) >= 11 is 1.94. The summed E-state index contributed by atoms with van der Waals surface area (Å²) in [5.41, 5.74) is 23.8. The van der Waals surface area contributed by atoms with Gasteiger partial charge < -0.3 is 14.6 Å². The number of para-hydroxylation sites is 1. The summed E-state index contributed by atoms with van der Waals surface area (Å²) in [4.78, 5) is 2.69. The van der Waals surface area contributed by atoms with E-state index in [1.807, 2.05) is 11.3 Å². The molecule has 3 nitrogen and oxygen atoms in total. The number of furan rings is 1. The molecule has 0 fully saturated rings. The van der Waals surface area contributed by atoms with E-state index in [2.05, 4.69) is 209 Å². The lowest BCUT2D eigenvalue weighted by Crippen LogP contribution is -2.42. The summed E-state index contributed by atoms with van der Waals surface area (Å²) in [7, 11) is 0.781. The van der Waals surface area contributed by atoms with Crippen LogP contribution in [0, 0.1) is 6.92 Å². The Kier molecular flexibility index (Phi) is 9.69. The van der Waals surface area contributed by atoms with Gasteiger partial charge in [-0.25, -0.2) is 0 Å². The normalized spacial score (nSPS) is 19.6. The SMILES string of the molecule is Cc1c(N2c3c(c(-c4cc5c(cc4Nc4ccc6c(c4)C(C)(C)CCC6(C)C)C(C)(C)CCC5(C)C)cc4c3oc3ccccc34)Bc3ccc4c(sc5ccccc54)c32)ccc2c1C(C)(C)CCC2(C)C. The van der Waals surface area contributed by atoms with Crippen molar-refractivity contribution in [3.05, 3.63) is 148 Å². The summed E-state index contributed by atoms with van der Waals surface area (Å²) in [6.45, 7) is 31.9. The third-order valence-corrected chi connectivity index (χ3v) is 20.2. The summed E-state index contributed by atoms with van der Waals surface area (Å²) in [5.74, 6) is 0. The van der Waals surface area contributed by atoms with E-state index in [-0.39, 0.29) is 32.5 Å². The minimum atomic E-state index is 0.0122. The molecule has 7 aromatic carbocycles. The Morgan fingerprint density at radius 1 is 0.514 bits per heavy atom. The van der Waals surface area contributed by atoms with Gasteiger partial charge in [-0.2, -0.15) is 0 Å². The van der Waals surface area contributed by atoms with E-state index >= 15 is 0 Å². The second kappa shape index (κ2) is 15.2. The number of nitrogens with one attached hydrogen (secondary N) is 1. The van der Waals surface area contributed by atoms with Crippen LogP contribution >= 0.6 is 11.3 Å². The van der Waals surface area contributed by atoms with Gasteiger partial charge in [0.2, 0.25) is 0 Å². The Morgan fingerprint density at radius 3 is 1.83 bits per heavy atom. The van der Waals surface area contributed by atoms with Crippen LogP contribution in [0.5, 0.6) is 0 Å². The summed E-state index contributed by atoms with van der Waals surface area (Å²) < 4.78 is 9.98. The van der Waals surface area contributed by atoms with Crippen molar-refractivity contribution in [2.45, 2.75) is 161 Å². The van der Waals surface area contributed by atoms with Crippen LogP contribution in [0.2, 0.25) is 0 Å². The Hall–Kier alpha value is -5.78. The molecule has 0 saturated carbocycles. The zero-order chi connectivity index (χ0) is 50.2. The van der Waals surface area contributed by atoms with E-state index in [9.17, 15) is 0 Å². The molecule has 72 heavy (non-hydrogen) atoms. The maximum Gasteiger partial charge on any atom is 0.198 e. The number of thiophene rings is 1. The standard InChI is InChI=1S/C67H71BN2OS/c1-38-53(27-25-47-56(38)67(12,13)33-32-63(47,4)5)70-58-51(26-23-42-41-19-15-17-21-55(41)72-61(42)58)68-57-44(35-45-40-18-14-16-20-54(40)71-60(45)59(57)70)43-36-49-50(66(10,11)31-30-65(49,8)9)37-52(43)69-39-22-24-46-48(34-39)64(6,7)29-28-62(46,2)3/h14-27,34-37,68-69H,28-33H2,1-13H3. The molecule has 0 atom stereocenters. The van der Waals surface area contributed by atoms with Crippen LogP contribution in [-0.4, -0.2) is 7.28 Å². The van der Waals surface area contributed by atoms with Gasteiger partial charge in [-0.15, -0.1) is 11.3 Å². The minimum absolute atomic E-state index is 0.0122. The van der Waals surface area contributed by atoms with Crippen molar-refractivity contribution in [1.82, 2.24) is 0 Å². The van der Waals surface area contributed by atoms with Gasteiger partial charge in [0.05, 0.1) is 16.1 Å². The van der Waals surface area contributed by atoms with E-state index in [0.717, 1.165) is 54.2 Å². The highest BCUT2D eigenvalue weighted by atomic mass is 32.1. The molecule has 9 aromatic rings. The maximum atomic E-state index is 7.32. The highest BCUT2D eigenvalue weighted by Gasteiger charge is 2.43. The first-order valence-corrected chi connectivity index (χ1v) is 27.8. The first-order valence-electron chi connectivity index (χ1n) is 27.0. The second-order valence-corrected chi connectivity index (χ2v) is 27.6. The van der Waals surface area contributed by atoms with Crippen molar-refractivity contribution in [3.63, 3.8) is 0 Å². The highest BCUT2D eigenvalue weighted by molar-refractivity contribution is 7.26. The summed E-state index contributed by atoms with van der Waals surface area (Å²) in [6, 6.07) is 42.5. The van der Waals surface area contributed by atoms with Gasteiger partial charge in [0.1, 0.15) is 5.58 Å². The third kappa shape index (κ3) is 6.67. The smallest absolute Gasteiger partial charge is 0.198 e. The van der Waals surface area contributed by atoms with Crippen molar-refractivity contribution in [2.24, 2.45) is 0 Å². The van der Waals surface area contributed by atoms with E-state index in [1.165, 1.54) is 123 Å². The molecular weight excluding hydrogens is 892 g/mol. The Balaban J connectivity index is 1.15. The predicted octanol–water partition coefficient (Wildman–Crippen LogP) is 17.9. The van der Waals surface area contributed by atoms with Crippen molar-refractivity contribution in [2.75, 3.05) is 10.2 Å². The van der Waals surface area contributed by atoms with Crippen LogP contribution in [0.4, 0.5) is 28.4 Å². The molecule has 3 heterocycles. The minimum Gasteiger partial charge on any atom is -0.454 e. The second-order valence-electron chi connectivity index (χ2n) is 26.6. The van der Waals surface area contributed by atoms with Gasteiger partial charge in [-0.3, -0.25) is 0 Å². The molecule has 0 bridgehead atoms. The van der Waals surface area contributed by atoms with Crippen molar-refractivity contribution in [3.8, 4) is 11.1 Å². The van der Waals surface area contributed by atoms with E-state index < -0.39 is 0 Å². The van der Waals surface area contributed by atoms with Gasteiger partial charge in [0.25, 0.3) is 0 Å². The van der Waals surface area contributed by atoms with Gasteiger partial charge in [0.15, 0.2) is 12.9 Å². The lowest BCUT2D eigenvalue weighted by molar-refractivity contribution is 0.330. The molecule has 2 aromatic heterocycles. The summed E-state index contributed by atoms with van der Waals surface area (Å²) in [6.07, 6.45) is 7.02. The molecule has 13 rings (SSSR count). The fourth-order valence-electron chi connectivity index (χ4n) is 14.3. The van der Waals surface area contributed by atoms with Crippen LogP contribution in [0.15, 0.2) is 114 Å². The van der Waals surface area contributed by atoms with Gasteiger partial charge in [-0.05, 0) is 176 Å². The molecule has 0 saturated heterocycles. The fourth-order valence-corrected chi connectivity index (χ4v) is 15.6. The number of hydrogen-bond acceptors (Lipinski definition) is 4. The van der Waals surface area contributed by atoms with E-state index in [4.69, 9.17) is 4.42 Å². The average Bonchev–Trinajstić information content (AvgIpc) is 3.91. The van der Waals surface area contributed by atoms with Crippen molar-refractivity contribution in [1.29, 1.82) is 0 Å². The molecule has 5 heteroatoms. The quantitative estimate of drug-likeness (QED) is 0.178. The Labute approximate surface area is 432 Å². The number of benzene rings is 7. The zero-order valence-electron chi connectivity index (χ0n) is 45.1. The number of rotatable bonds is 4. The van der Waals surface area contributed by atoms with Crippen LogP contribution < -0.4 is 21.1 Å². The third-order valence-electron chi connectivity index (χ3n) is 19.0. The topological polar surface area (TPSA) is 28.4 Å². The first kappa shape index (κ1) is 46.0. The molecule has 1 N–H and O–H groups in total. The van der Waals surface area contributed by atoms with Crippen molar-refractivity contribution >= 4 is 100 Å². The molecule has 0 spiro atoms. The van der Waals surface area contributed by atoms with Crippen LogP contribution in [0.25, 0.3) is 53.2 Å². The molecule has 4 aliphatic rings. The highest BCUT2D eigenvalue weighted by Crippen LogP contribution is 2.56. The Bertz CT molecular complexity index is 3800.